The minimum Gasteiger partial charge on any atom is -0.352 e. The summed E-state index contributed by atoms with van der Waals surface area (Å²) in [7, 11) is 0. The van der Waals surface area contributed by atoms with Crippen LogP contribution in [0.25, 0.3) is 10.8 Å². The van der Waals surface area contributed by atoms with E-state index < -0.39 is 0 Å². The summed E-state index contributed by atoms with van der Waals surface area (Å²) in [5.41, 5.74) is 2.27. The quantitative estimate of drug-likeness (QED) is 0.540. The minimum absolute atomic E-state index is 0.787. The topological polar surface area (TPSA) is 58.0 Å². The van der Waals surface area contributed by atoms with Gasteiger partial charge >= 0.3 is 0 Å². The molecule has 0 spiro atoms. The van der Waals surface area contributed by atoms with Crippen LogP contribution in [0.15, 0.2) is 73.2 Å². The van der Waals surface area contributed by atoms with Crippen molar-refractivity contribution in [2.24, 2.45) is 0 Å². The second-order valence-electron chi connectivity index (χ2n) is 7.22. The fourth-order valence-electron chi connectivity index (χ4n) is 3.90. The van der Waals surface area contributed by atoms with Gasteiger partial charge in [-0.3, -0.25) is 4.98 Å². The van der Waals surface area contributed by atoms with Crippen LogP contribution in [0.3, 0.4) is 0 Å². The van der Waals surface area contributed by atoms with E-state index in [0.717, 1.165) is 49.9 Å². The second kappa shape index (κ2) is 7.83. The molecule has 3 heterocycles. The summed E-state index contributed by atoms with van der Waals surface area (Å²) in [5.74, 6) is 1.90. The van der Waals surface area contributed by atoms with Crippen molar-refractivity contribution in [3.05, 3.63) is 84.4 Å². The molecule has 0 unspecified atom stereocenters. The first-order valence-corrected chi connectivity index (χ1v) is 9.92. The van der Waals surface area contributed by atoms with Gasteiger partial charge in [0, 0.05) is 55.8 Å². The smallest absolute Gasteiger partial charge is 0.159 e. The number of benzene rings is 2. The highest BCUT2D eigenvalue weighted by Gasteiger charge is 2.22. The fraction of sp³-hybridized carbons (Fsp3) is 0.217. The van der Waals surface area contributed by atoms with E-state index in [2.05, 4.69) is 78.5 Å². The zero-order valence-corrected chi connectivity index (χ0v) is 16.1. The van der Waals surface area contributed by atoms with Gasteiger partial charge in [-0.05, 0) is 5.56 Å². The molecule has 1 fully saturated rings. The summed E-state index contributed by atoms with van der Waals surface area (Å²) in [6.45, 7) is 3.54. The molecule has 6 nitrogen and oxygen atoms in total. The van der Waals surface area contributed by atoms with Gasteiger partial charge in [-0.1, -0.05) is 54.6 Å². The van der Waals surface area contributed by atoms with Gasteiger partial charge in [-0.15, -0.1) is 5.10 Å². The Balaban J connectivity index is 1.41. The third-order valence-electron chi connectivity index (χ3n) is 5.41. The van der Waals surface area contributed by atoms with E-state index in [1.807, 2.05) is 12.3 Å². The van der Waals surface area contributed by atoms with Crippen LogP contribution >= 0.6 is 0 Å². The molecule has 0 aliphatic carbocycles. The van der Waals surface area contributed by atoms with Crippen molar-refractivity contribution in [1.29, 1.82) is 0 Å². The molecule has 6 heteroatoms. The Kier molecular flexibility index (Phi) is 4.74. The molecule has 1 saturated heterocycles. The largest absolute Gasteiger partial charge is 0.352 e. The van der Waals surface area contributed by atoms with E-state index >= 15 is 0 Å². The first-order valence-electron chi connectivity index (χ1n) is 9.92. The maximum atomic E-state index is 4.65. The van der Waals surface area contributed by atoms with Gasteiger partial charge in [-0.25, -0.2) is 4.98 Å². The summed E-state index contributed by atoms with van der Waals surface area (Å²) in [5, 5.41) is 11.6. The number of hydrogen-bond acceptors (Lipinski definition) is 6. The molecule has 5 rings (SSSR count). The Bertz CT molecular complexity index is 1090. The maximum Gasteiger partial charge on any atom is 0.159 e. The molecule has 2 aromatic carbocycles. The Morgan fingerprint density at radius 1 is 0.724 bits per heavy atom. The van der Waals surface area contributed by atoms with Gasteiger partial charge in [0.05, 0.1) is 11.9 Å². The van der Waals surface area contributed by atoms with Crippen LogP contribution in [-0.2, 0) is 6.42 Å². The molecule has 144 valence electrons. The first kappa shape index (κ1) is 17.6. The van der Waals surface area contributed by atoms with Gasteiger partial charge in [0.15, 0.2) is 5.82 Å². The molecular weight excluding hydrogens is 360 g/mol. The van der Waals surface area contributed by atoms with Gasteiger partial charge < -0.3 is 9.80 Å². The van der Waals surface area contributed by atoms with Crippen LogP contribution in [0.5, 0.6) is 0 Å². The normalized spacial score (nSPS) is 14.3. The lowest BCUT2D eigenvalue weighted by molar-refractivity contribution is 0.638. The van der Waals surface area contributed by atoms with E-state index in [0.29, 0.717) is 0 Å². The summed E-state index contributed by atoms with van der Waals surface area (Å²) in [6.07, 6.45) is 6.06. The van der Waals surface area contributed by atoms with Crippen molar-refractivity contribution < 1.29 is 0 Å². The molecule has 0 saturated carbocycles. The van der Waals surface area contributed by atoms with Crippen molar-refractivity contribution >= 4 is 22.4 Å². The van der Waals surface area contributed by atoms with Crippen molar-refractivity contribution in [2.45, 2.75) is 6.42 Å². The lowest BCUT2D eigenvalue weighted by Crippen LogP contribution is -2.47. The average Bonchev–Trinajstić information content (AvgIpc) is 2.81. The standard InChI is InChI=1S/C23H22N6/c1-2-6-18(7-3-1)16-21-19-8-4-5-9-20(19)23(27-26-21)29-14-12-28(13-15-29)22-17-24-10-11-25-22/h1-11,17H,12-16H2. The molecule has 4 aromatic rings. The van der Waals surface area contributed by atoms with E-state index in [1.54, 1.807) is 12.4 Å². The third-order valence-corrected chi connectivity index (χ3v) is 5.41. The Hall–Kier alpha value is -3.54. The summed E-state index contributed by atoms with van der Waals surface area (Å²) >= 11 is 0. The van der Waals surface area contributed by atoms with Gasteiger partial charge in [-0.2, -0.15) is 5.10 Å². The Morgan fingerprint density at radius 3 is 2.21 bits per heavy atom. The number of piperazine rings is 1. The number of anilines is 2. The molecule has 0 N–H and O–H groups in total. The van der Waals surface area contributed by atoms with Crippen LogP contribution in [-0.4, -0.2) is 46.3 Å². The monoisotopic (exact) mass is 382 g/mol. The number of aromatic nitrogens is 4. The zero-order chi connectivity index (χ0) is 19.5. The highest BCUT2D eigenvalue weighted by molar-refractivity contribution is 5.93. The lowest BCUT2D eigenvalue weighted by atomic mass is 10.0. The predicted octanol–water partition coefficient (Wildman–Crippen LogP) is 3.34. The average molecular weight is 382 g/mol. The molecule has 0 amide bonds. The molecule has 1 aliphatic heterocycles. The fourth-order valence-corrected chi connectivity index (χ4v) is 3.90. The Morgan fingerprint density at radius 2 is 1.45 bits per heavy atom. The molecule has 0 radical (unpaired) electrons. The second-order valence-corrected chi connectivity index (χ2v) is 7.22. The predicted molar refractivity (Wildman–Crippen MR) is 115 cm³/mol. The van der Waals surface area contributed by atoms with Gasteiger partial charge in [0.1, 0.15) is 5.82 Å². The molecule has 0 bridgehead atoms. The van der Waals surface area contributed by atoms with Crippen LogP contribution in [0.1, 0.15) is 11.3 Å². The summed E-state index contributed by atoms with van der Waals surface area (Å²) in [6, 6.07) is 18.9. The summed E-state index contributed by atoms with van der Waals surface area (Å²) in [4.78, 5) is 13.2. The SMILES string of the molecule is c1ccc(Cc2nnc(N3CCN(c4cnccn4)CC3)c3ccccc23)cc1. The van der Waals surface area contributed by atoms with Gasteiger partial charge in [0.25, 0.3) is 0 Å². The molecule has 2 aromatic heterocycles. The summed E-state index contributed by atoms with van der Waals surface area (Å²) < 4.78 is 0. The highest BCUT2D eigenvalue weighted by Crippen LogP contribution is 2.28. The number of hydrogen-bond donors (Lipinski definition) is 0. The van der Waals surface area contributed by atoms with Crippen LogP contribution in [0.4, 0.5) is 11.6 Å². The Labute approximate surface area is 169 Å². The van der Waals surface area contributed by atoms with Crippen molar-refractivity contribution in [1.82, 2.24) is 20.2 Å². The molecule has 0 atom stereocenters. The number of rotatable bonds is 4. The molecular formula is C23H22N6. The maximum absolute atomic E-state index is 4.65. The van der Waals surface area contributed by atoms with E-state index in [9.17, 15) is 0 Å². The van der Waals surface area contributed by atoms with Crippen molar-refractivity contribution in [3.63, 3.8) is 0 Å². The van der Waals surface area contributed by atoms with Gasteiger partial charge in [0.2, 0.25) is 0 Å². The number of nitrogens with zero attached hydrogens (tertiary/aromatic N) is 6. The van der Waals surface area contributed by atoms with Crippen LogP contribution in [0, 0.1) is 0 Å². The molecule has 29 heavy (non-hydrogen) atoms. The van der Waals surface area contributed by atoms with E-state index in [-0.39, 0.29) is 0 Å². The van der Waals surface area contributed by atoms with E-state index in [4.69, 9.17) is 0 Å². The van der Waals surface area contributed by atoms with Crippen molar-refractivity contribution in [2.75, 3.05) is 36.0 Å². The van der Waals surface area contributed by atoms with Crippen molar-refractivity contribution in [3.8, 4) is 0 Å². The highest BCUT2D eigenvalue weighted by atomic mass is 15.3. The third kappa shape index (κ3) is 3.61. The minimum atomic E-state index is 0.787. The van der Waals surface area contributed by atoms with Crippen LogP contribution in [0.2, 0.25) is 0 Å². The first-order chi connectivity index (χ1) is 14.4. The zero-order valence-electron chi connectivity index (χ0n) is 16.1. The van der Waals surface area contributed by atoms with Crippen LogP contribution < -0.4 is 9.80 Å². The lowest BCUT2D eigenvalue weighted by Gasteiger charge is -2.36. The molecule has 1 aliphatic rings. The number of fused-ring (bicyclic) bond motifs is 1. The van der Waals surface area contributed by atoms with E-state index in [1.165, 1.54) is 16.3 Å².